The highest BCUT2D eigenvalue weighted by atomic mass is 19.4. The van der Waals surface area contributed by atoms with Crippen molar-refractivity contribution in [2.45, 2.75) is 26.1 Å². The van der Waals surface area contributed by atoms with Crippen molar-refractivity contribution >= 4 is 23.6 Å². The highest BCUT2D eigenvalue weighted by Crippen LogP contribution is 2.43. The standard InChI is InChI=1S/C24H19F3N8O/c1-3-30-22(36)31-21-32-23-34(18-6-4-5-17(11-18)24(25,26)27)14(2)19(13-29)20(35(23)33-21)16-9-7-15(12-28)8-10-16/h4-11,20H,3H2,1-2H3,(H2,30,31,33,36)/t20-/m1/s1. The van der Waals surface area contributed by atoms with E-state index in [4.69, 9.17) is 5.26 Å². The fraction of sp³-hybridized carbons (Fsp3) is 0.208. The summed E-state index contributed by atoms with van der Waals surface area (Å²) in [6, 6.07) is 13.9. The Morgan fingerprint density at radius 1 is 1.14 bits per heavy atom. The van der Waals surface area contributed by atoms with Crippen LogP contribution in [0.4, 0.5) is 35.5 Å². The third-order valence-corrected chi connectivity index (χ3v) is 5.53. The van der Waals surface area contributed by atoms with Crippen molar-refractivity contribution in [1.82, 2.24) is 20.1 Å². The Morgan fingerprint density at radius 3 is 2.47 bits per heavy atom. The van der Waals surface area contributed by atoms with E-state index in [-0.39, 0.29) is 23.2 Å². The molecule has 2 N–H and O–H groups in total. The Balaban J connectivity index is 1.92. The van der Waals surface area contributed by atoms with Gasteiger partial charge in [-0.05, 0) is 49.7 Å². The van der Waals surface area contributed by atoms with E-state index in [0.717, 1.165) is 12.1 Å². The van der Waals surface area contributed by atoms with Gasteiger partial charge in [0, 0.05) is 17.9 Å². The Hall–Kier alpha value is -4.84. The molecule has 0 radical (unpaired) electrons. The lowest BCUT2D eigenvalue weighted by Gasteiger charge is -2.34. The summed E-state index contributed by atoms with van der Waals surface area (Å²) in [6.07, 6.45) is -4.58. The lowest BCUT2D eigenvalue weighted by Crippen LogP contribution is -2.31. The van der Waals surface area contributed by atoms with Gasteiger partial charge in [-0.3, -0.25) is 10.2 Å². The molecule has 1 aliphatic heterocycles. The van der Waals surface area contributed by atoms with E-state index in [0.29, 0.717) is 23.4 Å². The molecule has 182 valence electrons. The van der Waals surface area contributed by atoms with Gasteiger partial charge in [-0.1, -0.05) is 18.2 Å². The van der Waals surface area contributed by atoms with Crippen LogP contribution in [-0.4, -0.2) is 27.3 Å². The van der Waals surface area contributed by atoms with Crippen LogP contribution in [0.2, 0.25) is 0 Å². The molecule has 0 bridgehead atoms. The predicted molar refractivity (Wildman–Crippen MR) is 124 cm³/mol. The fourth-order valence-electron chi connectivity index (χ4n) is 3.91. The highest BCUT2D eigenvalue weighted by Gasteiger charge is 2.37. The second kappa shape index (κ2) is 9.43. The zero-order valence-corrected chi connectivity index (χ0v) is 19.1. The second-order valence-electron chi connectivity index (χ2n) is 7.80. The van der Waals surface area contributed by atoms with Crippen molar-refractivity contribution in [3.63, 3.8) is 0 Å². The number of aromatic nitrogens is 3. The maximum atomic E-state index is 13.4. The quantitative estimate of drug-likeness (QED) is 0.537. The Bertz CT molecular complexity index is 1430. The van der Waals surface area contributed by atoms with Crippen LogP contribution in [-0.2, 0) is 6.18 Å². The minimum Gasteiger partial charge on any atom is -0.338 e. The van der Waals surface area contributed by atoms with Gasteiger partial charge in [0.25, 0.3) is 5.95 Å². The number of nitrogens with zero attached hydrogens (tertiary/aromatic N) is 6. The van der Waals surface area contributed by atoms with E-state index in [1.807, 2.05) is 6.07 Å². The van der Waals surface area contributed by atoms with Crippen LogP contribution in [0.1, 0.15) is 36.6 Å². The number of nitrogens with one attached hydrogen (secondary N) is 2. The third-order valence-electron chi connectivity index (χ3n) is 5.53. The summed E-state index contributed by atoms with van der Waals surface area (Å²) in [4.78, 5) is 17.9. The van der Waals surface area contributed by atoms with Crippen LogP contribution >= 0.6 is 0 Å². The van der Waals surface area contributed by atoms with E-state index < -0.39 is 23.8 Å². The normalized spacial score (nSPS) is 15.1. The van der Waals surface area contributed by atoms with Crippen LogP contribution < -0.4 is 15.5 Å². The van der Waals surface area contributed by atoms with Crippen LogP contribution in [0.15, 0.2) is 59.8 Å². The number of allylic oxidation sites excluding steroid dienone is 2. The lowest BCUT2D eigenvalue weighted by atomic mass is 9.95. The van der Waals surface area contributed by atoms with Gasteiger partial charge >= 0.3 is 12.2 Å². The van der Waals surface area contributed by atoms with Gasteiger partial charge in [0.2, 0.25) is 5.95 Å². The summed E-state index contributed by atoms with van der Waals surface area (Å²) in [5.41, 5.74) is 0.814. The van der Waals surface area contributed by atoms with Gasteiger partial charge in [-0.25, -0.2) is 9.48 Å². The second-order valence-corrected chi connectivity index (χ2v) is 7.80. The molecule has 1 aliphatic rings. The summed E-state index contributed by atoms with van der Waals surface area (Å²) in [5, 5.41) is 28.6. The first-order chi connectivity index (χ1) is 17.2. The Labute approximate surface area is 204 Å². The van der Waals surface area contributed by atoms with Crippen LogP contribution in [0, 0.1) is 22.7 Å². The molecule has 9 nitrogen and oxygen atoms in total. The number of nitriles is 2. The third kappa shape index (κ3) is 4.44. The zero-order valence-electron chi connectivity index (χ0n) is 19.1. The minimum absolute atomic E-state index is 0.0986. The molecule has 2 heterocycles. The van der Waals surface area contributed by atoms with Gasteiger partial charge < -0.3 is 5.32 Å². The first-order valence-corrected chi connectivity index (χ1v) is 10.8. The number of rotatable bonds is 4. The van der Waals surface area contributed by atoms with E-state index in [2.05, 4.69) is 26.8 Å². The molecule has 36 heavy (non-hydrogen) atoms. The summed E-state index contributed by atoms with van der Waals surface area (Å²) >= 11 is 0. The lowest BCUT2D eigenvalue weighted by molar-refractivity contribution is -0.137. The van der Waals surface area contributed by atoms with E-state index in [1.165, 1.54) is 21.7 Å². The van der Waals surface area contributed by atoms with Crippen LogP contribution in [0.3, 0.4) is 0 Å². The average Bonchev–Trinajstić information content (AvgIpc) is 3.25. The number of urea groups is 1. The number of carbonyl (C=O) groups excluding carboxylic acids is 1. The number of anilines is 3. The van der Waals surface area contributed by atoms with Crippen molar-refractivity contribution in [2.24, 2.45) is 0 Å². The van der Waals surface area contributed by atoms with E-state index >= 15 is 0 Å². The SMILES string of the molecule is CCNC(=O)Nc1nc2n(n1)[C@H](c1ccc(C#N)cc1)C(C#N)=C(C)N2c1cccc(C(F)(F)F)c1. The minimum atomic E-state index is -4.58. The number of amides is 2. The molecule has 12 heteroatoms. The van der Waals surface area contributed by atoms with Crippen LogP contribution in [0.25, 0.3) is 0 Å². The van der Waals surface area contributed by atoms with Gasteiger partial charge in [0.15, 0.2) is 0 Å². The molecule has 2 amide bonds. The number of halogens is 3. The number of carbonyl (C=O) groups is 1. The molecule has 2 aromatic carbocycles. The van der Waals surface area contributed by atoms with Crippen molar-refractivity contribution in [3.8, 4) is 12.1 Å². The molecule has 0 saturated heterocycles. The summed E-state index contributed by atoms with van der Waals surface area (Å²) in [5.74, 6) is 0.00513. The van der Waals surface area contributed by atoms with Crippen molar-refractivity contribution in [1.29, 1.82) is 10.5 Å². The molecular weight excluding hydrogens is 473 g/mol. The smallest absolute Gasteiger partial charge is 0.338 e. The summed E-state index contributed by atoms with van der Waals surface area (Å²) < 4.78 is 41.7. The molecule has 0 aliphatic carbocycles. The topological polar surface area (TPSA) is 123 Å². The van der Waals surface area contributed by atoms with Gasteiger partial charge in [0.1, 0.15) is 6.04 Å². The molecule has 1 atom stereocenters. The van der Waals surface area contributed by atoms with Crippen molar-refractivity contribution < 1.29 is 18.0 Å². The number of fused-ring (bicyclic) bond motifs is 1. The van der Waals surface area contributed by atoms with Gasteiger partial charge in [-0.2, -0.15) is 28.7 Å². The summed E-state index contributed by atoms with van der Waals surface area (Å²) in [6.45, 7) is 3.68. The molecular formula is C24H19F3N8O. The molecule has 0 fully saturated rings. The largest absolute Gasteiger partial charge is 0.416 e. The summed E-state index contributed by atoms with van der Waals surface area (Å²) in [7, 11) is 0. The number of alkyl halides is 3. The van der Waals surface area contributed by atoms with Crippen molar-refractivity contribution in [3.05, 3.63) is 76.5 Å². The predicted octanol–water partition coefficient (Wildman–Crippen LogP) is 4.85. The zero-order chi connectivity index (χ0) is 26.0. The highest BCUT2D eigenvalue weighted by molar-refractivity contribution is 5.87. The Kier molecular flexibility index (Phi) is 6.36. The van der Waals surface area contributed by atoms with Crippen molar-refractivity contribution in [2.75, 3.05) is 16.8 Å². The van der Waals surface area contributed by atoms with E-state index in [9.17, 15) is 23.2 Å². The maximum absolute atomic E-state index is 13.4. The Morgan fingerprint density at radius 2 is 1.86 bits per heavy atom. The van der Waals surface area contributed by atoms with Gasteiger partial charge in [0.05, 0.1) is 28.8 Å². The molecule has 4 rings (SSSR count). The van der Waals surface area contributed by atoms with Crippen LogP contribution in [0.5, 0.6) is 0 Å². The molecule has 1 aromatic heterocycles. The first-order valence-electron chi connectivity index (χ1n) is 10.8. The van der Waals surface area contributed by atoms with Gasteiger partial charge in [-0.15, -0.1) is 5.10 Å². The molecule has 0 spiro atoms. The first kappa shape index (κ1) is 24.3. The number of benzene rings is 2. The molecule has 0 unspecified atom stereocenters. The molecule has 0 saturated carbocycles. The number of hydrogen-bond acceptors (Lipinski definition) is 6. The molecule has 3 aromatic rings. The average molecular weight is 492 g/mol. The monoisotopic (exact) mass is 492 g/mol. The maximum Gasteiger partial charge on any atom is 0.416 e. The number of hydrogen-bond donors (Lipinski definition) is 2. The fourth-order valence-corrected chi connectivity index (χ4v) is 3.91. The van der Waals surface area contributed by atoms with E-state index in [1.54, 1.807) is 38.1 Å².